The van der Waals surface area contributed by atoms with Crippen LogP contribution in [0.1, 0.15) is 0 Å². The van der Waals surface area contributed by atoms with E-state index in [-0.39, 0.29) is 5.28 Å². The second-order valence-corrected chi connectivity index (χ2v) is 6.50. The summed E-state index contributed by atoms with van der Waals surface area (Å²) in [5, 5.41) is 0.972. The highest BCUT2D eigenvalue weighted by molar-refractivity contribution is 7.22. The zero-order valence-corrected chi connectivity index (χ0v) is 14.5. The molecule has 1 fully saturated rings. The summed E-state index contributed by atoms with van der Waals surface area (Å²) >= 11 is 7.62. The summed E-state index contributed by atoms with van der Waals surface area (Å²) in [5.41, 5.74) is 1.41. The van der Waals surface area contributed by atoms with Crippen molar-refractivity contribution in [3.05, 3.63) is 23.7 Å². The Labute approximate surface area is 147 Å². The van der Waals surface area contributed by atoms with E-state index < -0.39 is 0 Å². The van der Waals surface area contributed by atoms with E-state index in [1.165, 1.54) is 11.3 Å². The summed E-state index contributed by atoms with van der Waals surface area (Å²) in [6.45, 7) is 2.88. The normalized spacial score (nSPS) is 15.0. The Morgan fingerprint density at radius 2 is 2.08 bits per heavy atom. The molecular formula is C15H14ClN5O2S. The lowest BCUT2D eigenvalue weighted by molar-refractivity contribution is 0.122. The van der Waals surface area contributed by atoms with Gasteiger partial charge in [-0.3, -0.25) is 4.98 Å². The smallest absolute Gasteiger partial charge is 0.226 e. The zero-order chi connectivity index (χ0) is 16.5. The molecule has 0 radical (unpaired) electrons. The average Bonchev–Trinajstić information content (AvgIpc) is 3.05. The molecule has 9 heteroatoms. The molecule has 0 spiro atoms. The van der Waals surface area contributed by atoms with Gasteiger partial charge in [0.2, 0.25) is 5.28 Å². The number of fused-ring (bicyclic) bond motifs is 1. The summed E-state index contributed by atoms with van der Waals surface area (Å²) in [6.07, 6.45) is 3.42. The lowest BCUT2D eigenvalue weighted by atomic mass is 10.3. The number of rotatable bonds is 3. The van der Waals surface area contributed by atoms with Crippen LogP contribution in [0.15, 0.2) is 18.5 Å². The molecule has 7 nitrogen and oxygen atoms in total. The van der Waals surface area contributed by atoms with Crippen molar-refractivity contribution in [1.29, 1.82) is 0 Å². The van der Waals surface area contributed by atoms with Crippen LogP contribution in [-0.4, -0.2) is 53.3 Å². The van der Waals surface area contributed by atoms with Crippen molar-refractivity contribution in [2.24, 2.45) is 0 Å². The van der Waals surface area contributed by atoms with Gasteiger partial charge in [0, 0.05) is 25.5 Å². The van der Waals surface area contributed by atoms with Crippen LogP contribution in [-0.2, 0) is 4.74 Å². The average molecular weight is 364 g/mol. The van der Waals surface area contributed by atoms with Crippen LogP contribution >= 0.6 is 22.9 Å². The topological polar surface area (TPSA) is 73.3 Å². The van der Waals surface area contributed by atoms with Crippen LogP contribution in [0.5, 0.6) is 5.75 Å². The van der Waals surface area contributed by atoms with E-state index in [4.69, 9.17) is 21.1 Å². The van der Waals surface area contributed by atoms with Gasteiger partial charge in [0.25, 0.3) is 0 Å². The van der Waals surface area contributed by atoms with Crippen molar-refractivity contribution in [3.8, 4) is 16.3 Å². The molecular weight excluding hydrogens is 350 g/mol. The molecule has 0 saturated carbocycles. The monoisotopic (exact) mass is 363 g/mol. The van der Waals surface area contributed by atoms with Crippen molar-refractivity contribution >= 4 is 39.1 Å². The van der Waals surface area contributed by atoms with Gasteiger partial charge in [0.05, 0.1) is 25.9 Å². The van der Waals surface area contributed by atoms with Crippen LogP contribution < -0.4 is 9.64 Å². The first-order chi connectivity index (χ1) is 11.8. The molecule has 0 unspecified atom stereocenters. The predicted molar refractivity (Wildman–Crippen MR) is 93.0 cm³/mol. The molecule has 4 rings (SSSR count). The first-order valence-corrected chi connectivity index (χ1v) is 8.61. The van der Waals surface area contributed by atoms with Crippen LogP contribution in [0, 0.1) is 0 Å². The summed E-state index contributed by atoms with van der Waals surface area (Å²) in [6, 6.07) is 1.81. The van der Waals surface area contributed by atoms with Crippen molar-refractivity contribution in [3.63, 3.8) is 0 Å². The van der Waals surface area contributed by atoms with Gasteiger partial charge in [0.15, 0.2) is 11.5 Å². The number of ether oxygens (including phenoxy) is 2. The summed E-state index contributed by atoms with van der Waals surface area (Å²) in [4.78, 5) is 19.6. The molecule has 3 aromatic heterocycles. The maximum Gasteiger partial charge on any atom is 0.226 e. The highest BCUT2D eigenvalue weighted by Gasteiger charge is 2.21. The van der Waals surface area contributed by atoms with Gasteiger partial charge in [-0.1, -0.05) is 0 Å². The third kappa shape index (κ3) is 2.77. The number of halogens is 1. The molecule has 0 amide bonds. The molecule has 124 valence electrons. The van der Waals surface area contributed by atoms with Crippen LogP contribution in [0.3, 0.4) is 0 Å². The fourth-order valence-corrected chi connectivity index (χ4v) is 3.81. The minimum Gasteiger partial charge on any atom is -0.496 e. The van der Waals surface area contributed by atoms with Gasteiger partial charge in [-0.2, -0.15) is 9.97 Å². The minimum atomic E-state index is 0.194. The van der Waals surface area contributed by atoms with E-state index in [0.717, 1.165) is 39.9 Å². The first kappa shape index (κ1) is 15.5. The van der Waals surface area contributed by atoms with Crippen LogP contribution in [0.25, 0.3) is 20.9 Å². The van der Waals surface area contributed by atoms with E-state index in [1.807, 2.05) is 6.07 Å². The first-order valence-electron chi connectivity index (χ1n) is 7.41. The molecule has 0 aliphatic carbocycles. The van der Waals surface area contributed by atoms with Crippen LogP contribution in [0.4, 0.5) is 5.82 Å². The Balaban J connectivity index is 1.85. The lowest BCUT2D eigenvalue weighted by Gasteiger charge is -2.27. The van der Waals surface area contributed by atoms with E-state index in [9.17, 15) is 0 Å². The van der Waals surface area contributed by atoms with Crippen molar-refractivity contribution in [1.82, 2.24) is 19.9 Å². The molecule has 1 aliphatic rings. The van der Waals surface area contributed by atoms with E-state index >= 15 is 0 Å². The Morgan fingerprint density at radius 1 is 1.25 bits per heavy atom. The molecule has 3 aromatic rings. The molecule has 4 heterocycles. The predicted octanol–water partition coefficient (Wildman–Crippen LogP) is 2.65. The zero-order valence-electron chi connectivity index (χ0n) is 12.9. The van der Waals surface area contributed by atoms with Gasteiger partial charge in [-0.05, 0) is 17.7 Å². The van der Waals surface area contributed by atoms with Gasteiger partial charge >= 0.3 is 0 Å². The second kappa shape index (κ2) is 6.46. The third-order valence-electron chi connectivity index (χ3n) is 3.75. The minimum absolute atomic E-state index is 0.194. The SMILES string of the molecule is COc1ccncc1-c1nc2nc(Cl)nc(N3CCOCC3)c2s1. The number of morpholine rings is 1. The van der Waals surface area contributed by atoms with Crippen LogP contribution in [0.2, 0.25) is 5.28 Å². The Kier molecular flexibility index (Phi) is 4.17. The molecule has 0 atom stereocenters. The Hall–Kier alpha value is -2.03. The largest absolute Gasteiger partial charge is 0.496 e. The van der Waals surface area contributed by atoms with Gasteiger partial charge < -0.3 is 14.4 Å². The van der Waals surface area contributed by atoms with Gasteiger partial charge in [-0.15, -0.1) is 11.3 Å². The van der Waals surface area contributed by atoms with E-state index in [0.29, 0.717) is 18.9 Å². The molecule has 0 N–H and O–H groups in total. The third-order valence-corrected chi connectivity index (χ3v) is 4.99. The number of aromatic nitrogens is 4. The highest BCUT2D eigenvalue weighted by Crippen LogP contribution is 2.38. The number of nitrogens with zero attached hydrogens (tertiary/aromatic N) is 5. The maximum absolute atomic E-state index is 6.10. The molecule has 0 bridgehead atoms. The summed E-state index contributed by atoms with van der Waals surface area (Å²) in [5.74, 6) is 1.52. The standard InChI is InChI=1S/C15H14ClN5O2S/c1-22-10-2-3-17-8-9(10)14-18-12-11(24-14)13(20-15(16)19-12)21-4-6-23-7-5-21/h2-3,8H,4-7H2,1H3. The van der Waals surface area contributed by atoms with E-state index in [1.54, 1.807) is 19.5 Å². The quantitative estimate of drug-likeness (QED) is 0.662. The fourth-order valence-electron chi connectivity index (χ4n) is 2.61. The van der Waals surface area contributed by atoms with Crippen molar-refractivity contribution in [2.45, 2.75) is 0 Å². The summed E-state index contributed by atoms with van der Waals surface area (Å²) < 4.78 is 11.7. The fraction of sp³-hybridized carbons (Fsp3) is 0.333. The number of hydrogen-bond donors (Lipinski definition) is 0. The highest BCUT2D eigenvalue weighted by atomic mass is 35.5. The number of hydrogen-bond acceptors (Lipinski definition) is 8. The molecule has 1 aliphatic heterocycles. The Bertz CT molecular complexity index is 881. The number of pyridine rings is 1. The van der Waals surface area contributed by atoms with Crippen molar-refractivity contribution < 1.29 is 9.47 Å². The van der Waals surface area contributed by atoms with E-state index in [2.05, 4.69) is 24.8 Å². The number of methoxy groups -OCH3 is 1. The Morgan fingerprint density at radius 3 is 2.88 bits per heavy atom. The molecule has 0 aromatic carbocycles. The molecule has 1 saturated heterocycles. The van der Waals surface area contributed by atoms with Crippen molar-refractivity contribution in [2.75, 3.05) is 38.3 Å². The summed E-state index contributed by atoms with van der Waals surface area (Å²) in [7, 11) is 1.63. The number of anilines is 1. The number of thiazole rings is 1. The second-order valence-electron chi connectivity index (χ2n) is 5.16. The molecule has 24 heavy (non-hydrogen) atoms. The van der Waals surface area contributed by atoms with Gasteiger partial charge in [-0.25, -0.2) is 4.98 Å². The lowest BCUT2D eigenvalue weighted by Crippen LogP contribution is -2.36. The maximum atomic E-state index is 6.10. The van der Waals surface area contributed by atoms with Gasteiger partial charge in [0.1, 0.15) is 15.5 Å².